The summed E-state index contributed by atoms with van der Waals surface area (Å²) >= 11 is 1.37. The Kier molecular flexibility index (Phi) is 5.83. The van der Waals surface area contributed by atoms with Crippen LogP contribution >= 0.6 is 11.3 Å². The van der Waals surface area contributed by atoms with E-state index in [9.17, 15) is 14.7 Å². The number of hydrogen-bond acceptors (Lipinski definition) is 4. The standard InChI is InChI=1S/C19H21NO4S/c21-18(17-15(8-11-25-17)13-4-2-1-3-5-13)20-12-16(19(22)23)14-6-9-24-10-7-14/h1-5,8,11,14,16H,6-7,9-10,12H2,(H,20,21)(H,22,23). The molecule has 1 fully saturated rings. The van der Waals surface area contributed by atoms with E-state index >= 15 is 0 Å². The molecule has 3 rings (SSSR count). The van der Waals surface area contributed by atoms with Crippen molar-refractivity contribution in [3.05, 3.63) is 46.7 Å². The minimum absolute atomic E-state index is 0.0449. The molecule has 0 spiro atoms. The highest BCUT2D eigenvalue weighted by Gasteiger charge is 2.30. The number of carbonyl (C=O) groups is 2. The SMILES string of the molecule is O=C(NCC(C(=O)O)C1CCOCC1)c1sccc1-c1ccccc1. The number of hydrogen-bond donors (Lipinski definition) is 2. The Morgan fingerprint density at radius 2 is 1.92 bits per heavy atom. The molecule has 0 radical (unpaired) electrons. The number of ether oxygens (including phenoxy) is 1. The molecule has 1 amide bonds. The zero-order chi connectivity index (χ0) is 17.6. The van der Waals surface area contributed by atoms with Gasteiger partial charge in [0.25, 0.3) is 5.91 Å². The second-order valence-electron chi connectivity index (χ2n) is 6.13. The number of aliphatic carboxylic acids is 1. The Hall–Kier alpha value is -2.18. The second kappa shape index (κ2) is 8.27. The van der Waals surface area contributed by atoms with Crippen molar-refractivity contribution in [3.8, 4) is 11.1 Å². The van der Waals surface area contributed by atoms with Gasteiger partial charge in [0.05, 0.1) is 10.8 Å². The lowest BCUT2D eigenvalue weighted by atomic mass is 9.86. The third kappa shape index (κ3) is 4.27. The molecule has 2 N–H and O–H groups in total. The van der Waals surface area contributed by atoms with Crippen LogP contribution in [0.1, 0.15) is 22.5 Å². The molecule has 2 aromatic rings. The van der Waals surface area contributed by atoms with Crippen LogP contribution in [-0.4, -0.2) is 36.7 Å². The Balaban J connectivity index is 1.68. The Morgan fingerprint density at radius 1 is 1.20 bits per heavy atom. The van der Waals surface area contributed by atoms with Crippen molar-refractivity contribution in [3.63, 3.8) is 0 Å². The summed E-state index contributed by atoms with van der Waals surface area (Å²) in [6, 6.07) is 11.6. The first-order valence-corrected chi connectivity index (χ1v) is 9.26. The highest BCUT2D eigenvalue weighted by Crippen LogP contribution is 2.28. The fourth-order valence-electron chi connectivity index (χ4n) is 3.19. The number of carboxylic acids is 1. The molecule has 25 heavy (non-hydrogen) atoms. The van der Waals surface area contributed by atoms with Gasteiger partial charge >= 0.3 is 5.97 Å². The lowest BCUT2D eigenvalue weighted by molar-refractivity contribution is -0.144. The maximum atomic E-state index is 12.6. The molecule has 1 aliphatic heterocycles. The summed E-state index contributed by atoms with van der Waals surface area (Å²) in [6.07, 6.45) is 1.45. The van der Waals surface area contributed by atoms with Gasteiger partial charge in [-0.3, -0.25) is 9.59 Å². The summed E-state index contributed by atoms with van der Waals surface area (Å²) in [7, 11) is 0. The molecule has 1 saturated heterocycles. The molecule has 0 aliphatic carbocycles. The molecule has 1 atom stereocenters. The minimum Gasteiger partial charge on any atom is -0.481 e. The fraction of sp³-hybridized carbons (Fsp3) is 0.368. The van der Waals surface area contributed by atoms with Crippen molar-refractivity contribution in [1.82, 2.24) is 5.32 Å². The maximum absolute atomic E-state index is 12.6. The molecule has 1 aromatic heterocycles. The van der Waals surface area contributed by atoms with E-state index in [-0.39, 0.29) is 18.4 Å². The molecule has 5 nitrogen and oxygen atoms in total. The Morgan fingerprint density at radius 3 is 2.60 bits per heavy atom. The van der Waals surface area contributed by atoms with Crippen LogP contribution in [0.5, 0.6) is 0 Å². The molecular formula is C19H21NO4S. The second-order valence-corrected chi connectivity index (χ2v) is 7.05. The van der Waals surface area contributed by atoms with Crippen molar-refractivity contribution < 1.29 is 19.4 Å². The average molecular weight is 359 g/mol. The van der Waals surface area contributed by atoms with Gasteiger partial charge < -0.3 is 15.2 Å². The Labute approximate surface area is 150 Å². The zero-order valence-electron chi connectivity index (χ0n) is 13.8. The van der Waals surface area contributed by atoms with E-state index in [1.165, 1.54) is 11.3 Å². The van der Waals surface area contributed by atoms with Crippen molar-refractivity contribution in [2.75, 3.05) is 19.8 Å². The van der Waals surface area contributed by atoms with Crippen LogP contribution in [-0.2, 0) is 9.53 Å². The van der Waals surface area contributed by atoms with Crippen LogP contribution in [0.2, 0.25) is 0 Å². The predicted octanol–water partition coefficient (Wildman–Crippen LogP) is 3.27. The molecule has 1 aromatic carbocycles. The van der Waals surface area contributed by atoms with E-state index < -0.39 is 11.9 Å². The maximum Gasteiger partial charge on any atom is 0.308 e. The van der Waals surface area contributed by atoms with Crippen LogP contribution in [0.15, 0.2) is 41.8 Å². The number of amides is 1. The molecule has 6 heteroatoms. The van der Waals surface area contributed by atoms with Crippen molar-refractivity contribution in [2.45, 2.75) is 12.8 Å². The summed E-state index contributed by atoms with van der Waals surface area (Å²) in [5, 5.41) is 14.2. The summed E-state index contributed by atoms with van der Waals surface area (Å²) in [5.41, 5.74) is 1.86. The van der Waals surface area contributed by atoms with Crippen LogP contribution in [0, 0.1) is 11.8 Å². The van der Waals surface area contributed by atoms with Crippen molar-refractivity contribution >= 4 is 23.2 Å². The zero-order valence-corrected chi connectivity index (χ0v) is 14.6. The molecule has 132 valence electrons. The number of carbonyl (C=O) groups excluding carboxylic acids is 1. The van der Waals surface area contributed by atoms with Gasteiger partial charge in [-0.2, -0.15) is 0 Å². The van der Waals surface area contributed by atoms with Gasteiger partial charge in [0.2, 0.25) is 0 Å². The lowest BCUT2D eigenvalue weighted by Crippen LogP contribution is -2.38. The molecule has 0 bridgehead atoms. The number of rotatable bonds is 6. The van der Waals surface area contributed by atoms with Crippen LogP contribution in [0.3, 0.4) is 0 Å². The third-order valence-corrected chi connectivity index (χ3v) is 5.50. The van der Waals surface area contributed by atoms with Crippen LogP contribution in [0.4, 0.5) is 0 Å². The summed E-state index contributed by atoms with van der Waals surface area (Å²) in [5.74, 6) is -1.61. The van der Waals surface area contributed by atoms with Crippen molar-refractivity contribution in [2.24, 2.45) is 11.8 Å². The van der Waals surface area contributed by atoms with Crippen LogP contribution < -0.4 is 5.32 Å². The summed E-state index contributed by atoms with van der Waals surface area (Å²) in [6.45, 7) is 1.32. The quantitative estimate of drug-likeness (QED) is 0.830. The number of thiophene rings is 1. The topological polar surface area (TPSA) is 75.6 Å². The third-order valence-electron chi connectivity index (χ3n) is 4.59. The number of carboxylic acid groups (broad SMARTS) is 1. The van der Waals surface area contributed by atoms with E-state index in [1.54, 1.807) is 0 Å². The van der Waals surface area contributed by atoms with Gasteiger partial charge in [0.1, 0.15) is 0 Å². The molecule has 1 aliphatic rings. The van der Waals surface area contributed by atoms with E-state index in [0.717, 1.165) is 24.0 Å². The smallest absolute Gasteiger partial charge is 0.308 e. The van der Waals surface area contributed by atoms with E-state index in [0.29, 0.717) is 18.1 Å². The summed E-state index contributed by atoms with van der Waals surface area (Å²) in [4.78, 5) is 24.8. The first-order valence-electron chi connectivity index (χ1n) is 8.38. The van der Waals surface area contributed by atoms with Gasteiger partial charge in [0.15, 0.2) is 0 Å². The van der Waals surface area contributed by atoms with Crippen LogP contribution in [0.25, 0.3) is 11.1 Å². The highest BCUT2D eigenvalue weighted by molar-refractivity contribution is 7.12. The summed E-state index contributed by atoms with van der Waals surface area (Å²) < 4.78 is 5.30. The number of nitrogens with one attached hydrogen (secondary N) is 1. The minimum atomic E-state index is -0.860. The first kappa shape index (κ1) is 17.6. The first-order chi connectivity index (χ1) is 12.2. The monoisotopic (exact) mass is 359 g/mol. The normalized spacial score (nSPS) is 16.3. The molecular weight excluding hydrogens is 338 g/mol. The van der Waals surface area contributed by atoms with Gasteiger partial charge in [-0.15, -0.1) is 11.3 Å². The van der Waals surface area contributed by atoms with E-state index in [4.69, 9.17) is 4.74 Å². The van der Waals surface area contributed by atoms with Crippen molar-refractivity contribution in [1.29, 1.82) is 0 Å². The lowest BCUT2D eigenvalue weighted by Gasteiger charge is -2.27. The molecule has 1 unspecified atom stereocenters. The fourth-order valence-corrected chi connectivity index (χ4v) is 4.02. The molecule has 2 heterocycles. The van der Waals surface area contributed by atoms with Gasteiger partial charge in [-0.1, -0.05) is 30.3 Å². The van der Waals surface area contributed by atoms with Gasteiger partial charge in [-0.25, -0.2) is 0 Å². The highest BCUT2D eigenvalue weighted by atomic mass is 32.1. The average Bonchev–Trinajstić information content (AvgIpc) is 3.13. The van der Waals surface area contributed by atoms with E-state index in [2.05, 4.69) is 5.32 Å². The van der Waals surface area contributed by atoms with Gasteiger partial charge in [0, 0.05) is 25.3 Å². The Bertz CT molecular complexity index is 722. The predicted molar refractivity (Wildman–Crippen MR) is 96.8 cm³/mol. The number of benzene rings is 1. The van der Waals surface area contributed by atoms with Gasteiger partial charge in [-0.05, 0) is 35.8 Å². The largest absolute Gasteiger partial charge is 0.481 e. The van der Waals surface area contributed by atoms with E-state index in [1.807, 2.05) is 41.8 Å². The molecule has 0 saturated carbocycles.